The molecule has 2 amide bonds. The number of hydrogen-bond acceptors (Lipinski definition) is 7. The highest BCUT2D eigenvalue weighted by molar-refractivity contribution is 7.80. The van der Waals surface area contributed by atoms with E-state index in [0.29, 0.717) is 0 Å². The number of thiol groups is 1. The fraction of sp³-hybridized carbons (Fsp3) is 0.615. The van der Waals surface area contributed by atoms with Gasteiger partial charge in [-0.25, -0.2) is 4.79 Å². The summed E-state index contributed by atoms with van der Waals surface area (Å²) < 4.78 is 0. The maximum Gasteiger partial charge on any atom is 0.327 e. The lowest BCUT2D eigenvalue weighted by atomic mass is 10.1. The third-order valence-corrected chi connectivity index (χ3v) is 3.45. The van der Waals surface area contributed by atoms with E-state index in [1.165, 1.54) is 0 Å². The zero-order valence-corrected chi connectivity index (χ0v) is 14.1. The summed E-state index contributed by atoms with van der Waals surface area (Å²) in [6, 6.07) is -3.86. The molecule has 0 aliphatic heterocycles. The van der Waals surface area contributed by atoms with E-state index in [1.807, 2.05) is 0 Å². The maximum atomic E-state index is 12.1. The first-order valence-electron chi connectivity index (χ1n) is 7.22. The molecule has 0 spiro atoms. The second kappa shape index (κ2) is 11.3. The van der Waals surface area contributed by atoms with E-state index >= 15 is 0 Å². The summed E-state index contributed by atoms with van der Waals surface area (Å²) in [5.41, 5.74) is 5.52. The van der Waals surface area contributed by atoms with Crippen LogP contribution in [0.25, 0.3) is 0 Å². The molecule has 0 aromatic heterocycles. The maximum absolute atomic E-state index is 12.1. The molecule has 0 saturated carbocycles. The molecule has 0 fully saturated rings. The number of carbonyl (C=O) groups excluding carboxylic acids is 2. The Bertz CT molecular complexity index is 527. The summed E-state index contributed by atoms with van der Waals surface area (Å²) in [6.45, 7) is 0. The molecule has 7 N–H and O–H groups in total. The van der Waals surface area contributed by atoms with Crippen molar-refractivity contribution in [1.29, 1.82) is 0 Å². The van der Waals surface area contributed by atoms with Crippen molar-refractivity contribution in [1.82, 2.24) is 10.6 Å². The summed E-state index contributed by atoms with van der Waals surface area (Å²) in [7, 11) is 0. The van der Waals surface area contributed by atoms with E-state index in [0.717, 1.165) is 0 Å². The Morgan fingerprint density at radius 1 is 0.840 bits per heavy atom. The van der Waals surface area contributed by atoms with Crippen molar-refractivity contribution in [2.45, 2.75) is 43.8 Å². The van der Waals surface area contributed by atoms with E-state index in [9.17, 15) is 24.0 Å². The molecule has 12 heteroatoms. The van der Waals surface area contributed by atoms with Crippen LogP contribution in [0.4, 0.5) is 0 Å². The number of amides is 2. The van der Waals surface area contributed by atoms with Crippen LogP contribution < -0.4 is 16.4 Å². The average Bonchev–Trinajstić information content (AvgIpc) is 2.52. The molecule has 0 heterocycles. The lowest BCUT2D eigenvalue weighted by Gasteiger charge is -2.21. The van der Waals surface area contributed by atoms with Gasteiger partial charge in [-0.1, -0.05) is 0 Å². The number of hydrogen-bond donors (Lipinski definition) is 7. The zero-order chi connectivity index (χ0) is 19.6. The topological polar surface area (TPSA) is 196 Å². The first kappa shape index (κ1) is 22.7. The summed E-state index contributed by atoms with van der Waals surface area (Å²) in [5.74, 6) is -5.66. The molecule has 11 nitrogen and oxygen atoms in total. The minimum Gasteiger partial charge on any atom is -0.481 e. The van der Waals surface area contributed by atoms with Gasteiger partial charge < -0.3 is 31.7 Å². The summed E-state index contributed by atoms with van der Waals surface area (Å²) in [4.78, 5) is 56.1. The number of rotatable bonds is 12. The normalized spacial score (nSPS) is 14.0. The van der Waals surface area contributed by atoms with Gasteiger partial charge in [-0.05, 0) is 12.8 Å². The molecule has 0 aliphatic carbocycles. The Balaban J connectivity index is 4.93. The van der Waals surface area contributed by atoms with Crippen LogP contribution in [0.2, 0.25) is 0 Å². The molecular formula is C13H21N3O8S. The number of nitrogens with one attached hydrogen (secondary N) is 2. The highest BCUT2D eigenvalue weighted by Gasteiger charge is 2.27. The second-order valence-corrected chi connectivity index (χ2v) is 5.48. The van der Waals surface area contributed by atoms with E-state index < -0.39 is 54.3 Å². The van der Waals surface area contributed by atoms with Gasteiger partial charge in [0.25, 0.3) is 0 Å². The SMILES string of the molecule is N[C@@H](CCC(=O)O)C(=O)N[C@@H](CCC(=O)O)C(=O)N[C@@H](CS)C(=O)O. The highest BCUT2D eigenvalue weighted by Crippen LogP contribution is 2.02. The van der Waals surface area contributed by atoms with Crippen molar-refractivity contribution in [3.05, 3.63) is 0 Å². The molecule has 0 aliphatic rings. The van der Waals surface area contributed by atoms with E-state index in [1.54, 1.807) is 0 Å². The predicted molar refractivity (Wildman–Crippen MR) is 87.1 cm³/mol. The first-order chi connectivity index (χ1) is 11.6. The zero-order valence-electron chi connectivity index (χ0n) is 13.2. The molecule has 0 aromatic rings. The average molecular weight is 379 g/mol. The van der Waals surface area contributed by atoms with E-state index in [4.69, 9.17) is 21.1 Å². The number of aliphatic carboxylic acids is 3. The van der Waals surface area contributed by atoms with Gasteiger partial charge in [0.1, 0.15) is 12.1 Å². The van der Waals surface area contributed by atoms with Crippen molar-refractivity contribution in [2.75, 3.05) is 5.75 Å². The molecular weight excluding hydrogens is 358 g/mol. The quantitative estimate of drug-likeness (QED) is 0.188. The summed E-state index contributed by atoms with van der Waals surface area (Å²) in [6.07, 6.45) is -1.29. The van der Waals surface area contributed by atoms with Crippen molar-refractivity contribution in [2.24, 2.45) is 5.73 Å². The van der Waals surface area contributed by atoms with E-state index in [2.05, 4.69) is 23.3 Å². The van der Waals surface area contributed by atoms with Crippen molar-refractivity contribution >= 4 is 42.4 Å². The van der Waals surface area contributed by atoms with Crippen LogP contribution in [0.5, 0.6) is 0 Å². The Kier molecular flexibility index (Phi) is 10.2. The summed E-state index contributed by atoms with van der Waals surface area (Å²) >= 11 is 3.78. The van der Waals surface area contributed by atoms with Gasteiger partial charge in [0.05, 0.1) is 6.04 Å². The van der Waals surface area contributed by atoms with Crippen LogP contribution in [0.1, 0.15) is 25.7 Å². The van der Waals surface area contributed by atoms with Gasteiger partial charge in [-0.2, -0.15) is 12.6 Å². The second-order valence-electron chi connectivity index (χ2n) is 5.11. The third-order valence-electron chi connectivity index (χ3n) is 3.08. The number of nitrogens with two attached hydrogens (primary N) is 1. The molecule has 0 radical (unpaired) electrons. The Morgan fingerprint density at radius 2 is 1.32 bits per heavy atom. The first-order valence-corrected chi connectivity index (χ1v) is 7.85. The lowest BCUT2D eigenvalue weighted by Crippen LogP contribution is -2.55. The van der Waals surface area contributed by atoms with Gasteiger partial charge in [-0.3, -0.25) is 19.2 Å². The third kappa shape index (κ3) is 9.52. The predicted octanol–water partition coefficient (Wildman–Crippen LogP) is -1.97. The smallest absolute Gasteiger partial charge is 0.327 e. The minimum absolute atomic E-state index is 0.178. The minimum atomic E-state index is -1.34. The van der Waals surface area contributed by atoms with Crippen LogP contribution in [0.15, 0.2) is 0 Å². The van der Waals surface area contributed by atoms with Crippen LogP contribution in [0.3, 0.4) is 0 Å². The monoisotopic (exact) mass is 379 g/mol. The Hall–Kier alpha value is -2.34. The van der Waals surface area contributed by atoms with Crippen molar-refractivity contribution < 1.29 is 39.3 Å². The molecule has 25 heavy (non-hydrogen) atoms. The fourth-order valence-corrected chi connectivity index (χ4v) is 1.93. The van der Waals surface area contributed by atoms with Crippen molar-refractivity contribution in [3.63, 3.8) is 0 Å². The van der Waals surface area contributed by atoms with Crippen LogP contribution in [-0.4, -0.2) is 68.9 Å². The van der Waals surface area contributed by atoms with Crippen LogP contribution in [-0.2, 0) is 24.0 Å². The van der Waals surface area contributed by atoms with Gasteiger partial charge in [-0.15, -0.1) is 0 Å². The molecule has 0 unspecified atom stereocenters. The van der Waals surface area contributed by atoms with Gasteiger partial charge in [0.15, 0.2) is 0 Å². The molecule has 0 bridgehead atoms. The van der Waals surface area contributed by atoms with Gasteiger partial charge >= 0.3 is 17.9 Å². The van der Waals surface area contributed by atoms with Crippen molar-refractivity contribution in [3.8, 4) is 0 Å². The Morgan fingerprint density at radius 3 is 1.76 bits per heavy atom. The summed E-state index contributed by atoms with van der Waals surface area (Å²) in [5, 5.41) is 30.5. The molecule has 0 aromatic carbocycles. The fourth-order valence-electron chi connectivity index (χ4n) is 1.68. The molecule has 3 atom stereocenters. The lowest BCUT2D eigenvalue weighted by molar-refractivity contribution is -0.142. The largest absolute Gasteiger partial charge is 0.481 e. The highest BCUT2D eigenvalue weighted by atomic mass is 32.1. The van der Waals surface area contributed by atoms with Crippen LogP contribution >= 0.6 is 12.6 Å². The number of carbonyl (C=O) groups is 5. The molecule has 0 rings (SSSR count). The Labute approximate surface area is 148 Å². The van der Waals surface area contributed by atoms with Crippen LogP contribution in [0, 0.1) is 0 Å². The van der Waals surface area contributed by atoms with E-state index in [-0.39, 0.29) is 25.0 Å². The standard InChI is InChI=1S/C13H21N3O8S/c14-6(1-3-9(17)18)11(21)15-7(2-4-10(19)20)12(22)16-8(5-25)13(23)24/h6-8,25H,1-5,14H2,(H,15,21)(H,16,22)(H,17,18)(H,19,20)(H,23,24)/t6-,7-,8-/m0/s1. The number of carboxylic acids is 3. The molecule has 0 saturated heterocycles. The number of carboxylic acid groups (broad SMARTS) is 3. The van der Waals surface area contributed by atoms with Gasteiger partial charge in [0, 0.05) is 18.6 Å². The van der Waals surface area contributed by atoms with Gasteiger partial charge in [0.2, 0.25) is 11.8 Å². The molecule has 142 valence electrons.